The molecule has 9 nitrogen and oxygen atoms in total. The minimum Gasteiger partial charge on any atom is -0.507 e. The first-order valence-electron chi connectivity index (χ1n) is 10.8. The first-order valence-corrected chi connectivity index (χ1v) is 11.6. The van der Waals surface area contributed by atoms with Crippen LogP contribution in [0, 0.1) is 6.92 Å². The Bertz CT molecular complexity index is 1310. The van der Waals surface area contributed by atoms with Crippen molar-refractivity contribution in [1.82, 2.24) is 9.97 Å². The minimum absolute atomic E-state index is 0.0259. The third kappa shape index (κ3) is 4.52. The molecule has 1 atom stereocenters. The molecule has 1 aromatic carbocycles. The van der Waals surface area contributed by atoms with E-state index in [0.717, 1.165) is 11.3 Å². The molecule has 10 heteroatoms. The highest BCUT2D eigenvalue weighted by atomic mass is 32.1. The van der Waals surface area contributed by atoms with Gasteiger partial charge in [0.15, 0.2) is 5.13 Å². The molecule has 0 saturated carbocycles. The van der Waals surface area contributed by atoms with Gasteiger partial charge < -0.3 is 14.6 Å². The van der Waals surface area contributed by atoms with Crippen LogP contribution in [-0.2, 0) is 14.3 Å². The molecule has 1 aliphatic heterocycles. The van der Waals surface area contributed by atoms with Gasteiger partial charge in [0, 0.05) is 18.0 Å². The van der Waals surface area contributed by atoms with Gasteiger partial charge >= 0.3 is 11.9 Å². The molecule has 0 unspecified atom stereocenters. The average molecular weight is 494 g/mol. The van der Waals surface area contributed by atoms with E-state index in [9.17, 15) is 19.5 Å². The molecule has 1 N–H and O–H groups in total. The molecule has 180 valence electrons. The molecule has 0 bridgehead atoms. The smallest absolute Gasteiger partial charge is 0.350 e. The Morgan fingerprint density at radius 2 is 1.89 bits per heavy atom. The number of hydrogen-bond donors (Lipinski definition) is 1. The van der Waals surface area contributed by atoms with Gasteiger partial charge in [0.25, 0.3) is 5.78 Å². The predicted molar refractivity (Wildman–Crippen MR) is 129 cm³/mol. The number of methoxy groups -OCH3 is 1. The summed E-state index contributed by atoms with van der Waals surface area (Å²) in [6, 6.07) is 8.96. The molecular formula is C25H23N3O6S. The molecule has 3 heterocycles. The molecule has 1 saturated heterocycles. The van der Waals surface area contributed by atoms with Crippen molar-refractivity contribution >= 4 is 39.9 Å². The van der Waals surface area contributed by atoms with Crippen molar-refractivity contribution in [3.63, 3.8) is 0 Å². The molecule has 1 amide bonds. The fourth-order valence-electron chi connectivity index (χ4n) is 3.77. The number of benzene rings is 1. The van der Waals surface area contributed by atoms with Crippen LogP contribution in [0.15, 0.2) is 54.4 Å². The van der Waals surface area contributed by atoms with Crippen molar-refractivity contribution < 1.29 is 29.0 Å². The summed E-state index contributed by atoms with van der Waals surface area (Å²) in [6.07, 6.45) is 3.05. The van der Waals surface area contributed by atoms with E-state index in [0.29, 0.717) is 22.6 Å². The van der Waals surface area contributed by atoms with Gasteiger partial charge in [-0.1, -0.05) is 17.4 Å². The summed E-state index contributed by atoms with van der Waals surface area (Å²) in [7, 11) is 1.25. The molecule has 0 aliphatic carbocycles. The molecule has 0 radical (unpaired) electrons. The monoisotopic (exact) mass is 493 g/mol. The Labute approximate surface area is 205 Å². The Hall–Kier alpha value is -4.05. The lowest BCUT2D eigenvalue weighted by Crippen LogP contribution is -2.29. The summed E-state index contributed by atoms with van der Waals surface area (Å²) in [5.41, 5.74) is 1.11. The van der Waals surface area contributed by atoms with Gasteiger partial charge in [0.1, 0.15) is 16.4 Å². The van der Waals surface area contributed by atoms with Gasteiger partial charge in [-0.2, -0.15) is 0 Å². The van der Waals surface area contributed by atoms with Crippen molar-refractivity contribution in [3.8, 4) is 5.75 Å². The molecule has 3 aromatic rings. The number of aliphatic hydroxyl groups excluding tert-OH is 1. The number of ketones is 1. The summed E-state index contributed by atoms with van der Waals surface area (Å²) in [5, 5.41) is 11.3. The zero-order chi connectivity index (χ0) is 25.3. The summed E-state index contributed by atoms with van der Waals surface area (Å²) in [5.74, 6) is -2.06. The van der Waals surface area contributed by atoms with Gasteiger partial charge in [0.2, 0.25) is 0 Å². The zero-order valence-corrected chi connectivity index (χ0v) is 20.3. The summed E-state index contributed by atoms with van der Waals surface area (Å²) < 4.78 is 10.4. The van der Waals surface area contributed by atoms with Gasteiger partial charge in [-0.05, 0) is 56.7 Å². The average Bonchev–Trinajstić information content (AvgIpc) is 3.35. The number of Topliss-reactive ketones (excluding diaryl/α,β-unsaturated/α-hetero) is 1. The molecular weight excluding hydrogens is 470 g/mol. The van der Waals surface area contributed by atoms with Crippen molar-refractivity contribution in [1.29, 1.82) is 0 Å². The minimum atomic E-state index is -0.994. The fourth-order valence-corrected chi connectivity index (χ4v) is 4.78. The van der Waals surface area contributed by atoms with Crippen LogP contribution in [0.4, 0.5) is 5.13 Å². The Morgan fingerprint density at radius 1 is 1.17 bits per heavy atom. The Morgan fingerprint density at radius 3 is 2.49 bits per heavy atom. The lowest BCUT2D eigenvalue weighted by Gasteiger charge is -2.22. The third-order valence-electron chi connectivity index (χ3n) is 5.31. The normalized spacial score (nSPS) is 17.2. The van der Waals surface area contributed by atoms with Crippen molar-refractivity contribution in [3.05, 3.63) is 76.1 Å². The SMILES string of the molecule is COC(=O)c1sc(N2C(=O)C(=O)/C(=C(/O)c3ccc(OC(C)C)cc3)[C@H]2c2cccnc2)nc1C. The van der Waals surface area contributed by atoms with Crippen LogP contribution in [0.1, 0.15) is 46.4 Å². The lowest BCUT2D eigenvalue weighted by atomic mass is 9.96. The summed E-state index contributed by atoms with van der Waals surface area (Å²) >= 11 is 0.937. The lowest BCUT2D eigenvalue weighted by molar-refractivity contribution is -0.132. The number of hydrogen-bond acceptors (Lipinski definition) is 9. The number of nitrogens with zero attached hydrogens (tertiary/aromatic N) is 3. The first kappa shape index (κ1) is 24.1. The van der Waals surface area contributed by atoms with Crippen LogP contribution in [-0.4, -0.2) is 45.9 Å². The highest BCUT2D eigenvalue weighted by Crippen LogP contribution is 2.43. The fraction of sp³-hybridized carbons (Fsp3) is 0.240. The number of ether oxygens (including phenoxy) is 2. The van der Waals surface area contributed by atoms with Crippen LogP contribution >= 0.6 is 11.3 Å². The van der Waals surface area contributed by atoms with Crippen LogP contribution in [0.2, 0.25) is 0 Å². The van der Waals surface area contributed by atoms with Gasteiger partial charge in [-0.15, -0.1) is 0 Å². The highest BCUT2D eigenvalue weighted by molar-refractivity contribution is 7.17. The number of esters is 1. The predicted octanol–water partition coefficient (Wildman–Crippen LogP) is 4.05. The topological polar surface area (TPSA) is 119 Å². The number of rotatable bonds is 6. The number of aromatic nitrogens is 2. The second kappa shape index (κ2) is 9.67. The number of thiazole rings is 1. The molecule has 1 fully saturated rings. The van der Waals surface area contributed by atoms with Crippen molar-refractivity contribution in [2.45, 2.75) is 32.9 Å². The highest BCUT2D eigenvalue weighted by Gasteiger charge is 2.48. The second-order valence-corrected chi connectivity index (χ2v) is 9.03. The molecule has 0 spiro atoms. The summed E-state index contributed by atoms with van der Waals surface area (Å²) in [4.78, 5) is 48.4. The van der Waals surface area contributed by atoms with E-state index >= 15 is 0 Å². The van der Waals surface area contributed by atoms with Gasteiger partial charge in [-0.25, -0.2) is 9.78 Å². The van der Waals surface area contributed by atoms with E-state index in [2.05, 4.69) is 9.97 Å². The number of anilines is 1. The third-order valence-corrected chi connectivity index (χ3v) is 6.44. The van der Waals surface area contributed by atoms with E-state index in [1.165, 1.54) is 18.2 Å². The molecule has 1 aliphatic rings. The Balaban J connectivity index is 1.85. The van der Waals surface area contributed by atoms with Gasteiger partial charge in [-0.3, -0.25) is 19.5 Å². The van der Waals surface area contributed by atoms with Crippen molar-refractivity contribution in [2.75, 3.05) is 12.0 Å². The number of aryl methyl sites for hydroxylation is 1. The molecule has 4 rings (SSSR count). The maximum Gasteiger partial charge on any atom is 0.350 e. The van der Waals surface area contributed by atoms with Gasteiger partial charge in [0.05, 0.1) is 30.5 Å². The Kier molecular flexibility index (Phi) is 6.65. The molecule has 35 heavy (non-hydrogen) atoms. The standard InChI is InChI=1S/C25H23N3O6S/c1-13(2)34-17-9-7-15(8-10-17)20(29)18-19(16-6-5-11-26-12-16)28(23(31)21(18)30)25-27-14(3)22(35-25)24(32)33-4/h5-13,19,29H,1-4H3/b20-18+/t19-/m1/s1. The largest absolute Gasteiger partial charge is 0.507 e. The number of carbonyl (C=O) groups excluding carboxylic acids is 3. The maximum absolute atomic E-state index is 13.2. The van der Waals surface area contributed by atoms with Crippen molar-refractivity contribution in [2.24, 2.45) is 0 Å². The van der Waals surface area contributed by atoms with E-state index in [-0.39, 0.29) is 27.4 Å². The number of aliphatic hydroxyl groups is 1. The van der Waals surface area contributed by atoms with E-state index in [1.807, 2.05) is 13.8 Å². The van der Waals surface area contributed by atoms with E-state index in [4.69, 9.17) is 9.47 Å². The van der Waals surface area contributed by atoms with Crippen LogP contribution in [0.3, 0.4) is 0 Å². The number of carbonyl (C=O) groups is 3. The van der Waals surface area contributed by atoms with E-state index < -0.39 is 23.7 Å². The van der Waals surface area contributed by atoms with Crippen LogP contribution in [0.5, 0.6) is 5.75 Å². The molecule has 2 aromatic heterocycles. The van der Waals surface area contributed by atoms with Crippen LogP contribution in [0.25, 0.3) is 5.76 Å². The first-order chi connectivity index (χ1) is 16.7. The maximum atomic E-state index is 13.2. The second-order valence-electron chi connectivity index (χ2n) is 8.05. The quantitative estimate of drug-likeness (QED) is 0.236. The number of amides is 1. The van der Waals surface area contributed by atoms with Crippen LogP contribution < -0.4 is 9.64 Å². The summed E-state index contributed by atoms with van der Waals surface area (Å²) in [6.45, 7) is 5.41. The number of pyridine rings is 1. The van der Waals surface area contributed by atoms with E-state index in [1.54, 1.807) is 49.5 Å². The zero-order valence-electron chi connectivity index (χ0n) is 19.5.